The largest absolute Gasteiger partial charge is 0.494 e. The third kappa shape index (κ3) is 5.04. The van der Waals surface area contributed by atoms with Gasteiger partial charge >= 0.3 is 0 Å². The van der Waals surface area contributed by atoms with Gasteiger partial charge < -0.3 is 25.0 Å². The van der Waals surface area contributed by atoms with Crippen LogP contribution in [0.1, 0.15) is 5.56 Å². The first-order valence-electron chi connectivity index (χ1n) is 12.3. The van der Waals surface area contributed by atoms with E-state index in [0.29, 0.717) is 30.0 Å². The predicted molar refractivity (Wildman–Crippen MR) is 145 cm³/mol. The highest BCUT2D eigenvalue weighted by Gasteiger charge is 2.42. The van der Waals surface area contributed by atoms with E-state index in [4.69, 9.17) is 9.47 Å². The van der Waals surface area contributed by atoms with E-state index >= 15 is 4.39 Å². The number of amides is 2. The number of nitrogens with zero attached hydrogens (tertiary/aromatic N) is 3. The number of ether oxygens (including phenoxy) is 2. The Morgan fingerprint density at radius 3 is 2.77 bits per heavy atom. The lowest BCUT2D eigenvalue weighted by Crippen LogP contribution is -2.53. The highest BCUT2D eigenvalue weighted by Crippen LogP contribution is 2.35. The van der Waals surface area contributed by atoms with Gasteiger partial charge in [0.1, 0.15) is 11.6 Å². The fourth-order valence-electron chi connectivity index (χ4n) is 4.58. The maximum Gasteiger partial charge on any atom is 0.261 e. The summed E-state index contributed by atoms with van der Waals surface area (Å²) in [6, 6.07) is 8.49. The van der Waals surface area contributed by atoms with Crippen molar-refractivity contribution < 1.29 is 23.5 Å². The monoisotopic (exact) mass is 530 g/mol. The minimum Gasteiger partial charge on any atom is -0.494 e. The van der Waals surface area contributed by atoms with Crippen molar-refractivity contribution in [2.45, 2.75) is 5.54 Å². The van der Waals surface area contributed by atoms with Gasteiger partial charge in [-0.25, -0.2) is 14.4 Å². The second-order valence-corrected chi connectivity index (χ2v) is 8.86. The number of anilines is 3. The molecular weight excluding hydrogens is 503 g/mol. The van der Waals surface area contributed by atoms with Crippen molar-refractivity contribution in [3.05, 3.63) is 85.0 Å². The zero-order chi connectivity index (χ0) is 27.4. The summed E-state index contributed by atoms with van der Waals surface area (Å²) in [5, 5.41) is 8.79. The van der Waals surface area contributed by atoms with E-state index in [0.717, 1.165) is 24.9 Å². The van der Waals surface area contributed by atoms with Crippen molar-refractivity contribution in [2.75, 3.05) is 43.6 Å². The van der Waals surface area contributed by atoms with Gasteiger partial charge in [0, 0.05) is 36.4 Å². The van der Waals surface area contributed by atoms with Gasteiger partial charge in [0.25, 0.3) is 5.91 Å². The lowest BCUT2D eigenvalue weighted by molar-refractivity contribution is -0.131. The summed E-state index contributed by atoms with van der Waals surface area (Å²) in [7, 11) is 1.57. The molecular formula is C28H27FN6O4. The number of fused-ring (bicyclic) bond motifs is 1. The summed E-state index contributed by atoms with van der Waals surface area (Å²) in [4.78, 5) is 36.5. The van der Waals surface area contributed by atoms with Gasteiger partial charge in [-0.05, 0) is 48.7 Å². The minimum absolute atomic E-state index is 0.0601. The molecule has 200 valence electrons. The van der Waals surface area contributed by atoms with Crippen molar-refractivity contribution in [1.29, 1.82) is 0 Å². The van der Waals surface area contributed by atoms with Crippen LogP contribution in [0.3, 0.4) is 0 Å². The fourth-order valence-corrected chi connectivity index (χ4v) is 4.58. The van der Waals surface area contributed by atoms with Crippen LogP contribution in [0.2, 0.25) is 0 Å². The Morgan fingerprint density at radius 1 is 1.23 bits per heavy atom. The van der Waals surface area contributed by atoms with Gasteiger partial charge in [-0.1, -0.05) is 12.7 Å². The second-order valence-electron chi connectivity index (χ2n) is 8.86. The Hall–Kier alpha value is -4.77. The number of allylic oxidation sites excluding steroid dienone is 2. The maximum atomic E-state index is 15.5. The van der Waals surface area contributed by atoms with E-state index in [1.807, 2.05) is 18.2 Å². The summed E-state index contributed by atoms with van der Waals surface area (Å²) in [6.07, 6.45) is 8.71. The molecule has 0 radical (unpaired) electrons. The Kier molecular flexibility index (Phi) is 7.24. The molecule has 39 heavy (non-hydrogen) atoms. The molecule has 0 aliphatic carbocycles. The molecule has 2 amide bonds. The Bertz CT molecular complexity index is 1500. The van der Waals surface area contributed by atoms with E-state index in [1.54, 1.807) is 19.3 Å². The number of hydrogen-bond donors (Lipinski definition) is 3. The second kappa shape index (κ2) is 10.9. The molecule has 1 atom stereocenters. The van der Waals surface area contributed by atoms with Crippen molar-refractivity contribution in [1.82, 2.24) is 20.6 Å². The summed E-state index contributed by atoms with van der Waals surface area (Å²) < 4.78 is 26.6. The highest BCUT2D eigenvalue weighted by molar-refractivity contribution is 6.07. The molecule has 0 bridgehead atoms. The van der Waals surface area contributed by atoms with E-state index in [9.17, 15) is 9.59 Å². The third-order valence-corrected chi connectivity index (χ3v) is 6.55. The van der Waals surface area contributed by atoms with Crippen LogP contribution < -0.4 is 25.6 Å². The SMILES string of the molecule is C=CC(=O)NC(=O)C1(c2c(F)ccc3cnc(Nc4ccc(N5CCOCC5)cc4OC)nc23)C=CC=CN1. The summed E-state index contributed by atoms with van der Waals surface area (Å²) in [5.41, 5.74) is -0.0237. The quantitative estimate of drug-likeness (QED) is 0.396. The zero-order valence-electron chi connectivity index (χ0n) is 21.2. The van der Waals surface area contributed by atoms with E-state index < -0.39 is 23.2 Å². The van der Waals surface area contributed by atoms with Crippen molar-refractivity contribution in [3.8, 4) is 5.75 Å². The van der Waals surface area contributed by atoms with Crippen LogP contribution in [-0.4, -0.2) is 55.2 Å². The topological polar surface area (TPSA) is 118 Å². The summed E-state index contributed by atoms with van der Waals surface area (Å²) in [6.45, 7) is 6.26. The number of aromatic nitrogens is 2. The number of morpholine rings is 1. The van der Waals surface area contributed by atoms with E-state index in [1.165, 1.54) is 30.6 Å². The van der Waals surface area contributed by atoms with E-state index in [2.05, 4.69) is 37.4 Å². The smallest absolute Gasteiger partial charge is 0.261 e. The molecule has 1 saturated heterocycles. The van der Waals surface area contributed by atoms with Gasteiger partial charge in [-0.3, -0.25) is 14.9 Å². The van der Waals surface area contributed by atoms with Crippen molar-refractivity contribution in [3.63, 3.8) is 0 Å². The van der Waals surface area contributed by atoms with Crippen LogP contribution in [0.5, 0.6) is 5.75 Å². The zero-order valence-corrected chi connectivity index (χ0v) is 21.2. The number of hydrogen-bond acceptors (Lipinski definition) is 9. The fraction of sp³-hybridized carbons (Fsp3) is 0.214. The van der Waals surface area contributed by atoms with Crippen LogP contribution in [0, 0.1) is 5.82 Å². The molecule has 1 aromatic heterocycles. The maximum absolute atomic E-state index is 15.5. The number of nitrogens with one attached hydrogen (secondary N) is 3. The molecule has 3 N–H and O–H groups in total. The Morgan fingerprint density at radius 2 is 2.05 bits per heavy atom. The van der Waals surface area contributed by atoms with Crippen LogP contribution in [0.4, 0.5) is 21.7 Å². The molecule has 1 unspecified atom stereocenters. The first kappa shape index (κ1) is 25.9. The van der Waals surface area contributed by atoms with Crippen LogP contribution in [0.15, 0.2) is 73.6 Å². The number of methoxy groups -OCH3 is 1. The van der Waals surface area contributed by atoms with Crippen LogP contribution in [0.25, 0.3) is 10.9 Å². The third-order valence-electron chi connectivity index (χ3n) is 6.55. The molecule has 0 spiro atoms. The van der Waals surface area contributed by atoms with Gasteiger partial charge in [-0.15, -0.1) is 0 Å². The average Bonchev–Trinajstić information content (AvgIpc) is 2.98. The van der Waals surface area contributed by atoms with Gasteiger partial charge in [0.05, 0.1) is 37.1 Å². The molecule has 3 heterocycles. The van der Waals surface area contributed by atoms with Crippen LogP contribution in [-0.2, 0) is 19.9 Å². The molecule has 3 aromatic rings. The number of dihydropyridines is 1. The number of imide groups is 1. The molecule has 2 aliphatic heterocycles. The van der Waals surface area contributed by atoms with Gasteiger partial charge in [-0.2, -0.15) is 0 Å². The predicted octanol–water partition coefficient (Wildman–Crippen LogP) is 3.05. The van der Waals surface area contributed by atoms with Crippen molar-refractivity contribution in [2.24, 2.45) is 0 Å². The standard InChI is InChI=1S/C28H27FN6O4/c1-3-23(36)33-26(37)28(10-4-5-11-31-28)24-20(29)8-6-18-17-30-27(34-25(18)24)32-21-9-7-19(16-22(21)38-2)35-12-14-39-15-13-35/h3-11,16-17,31H,1,12-15H2,2H3,(H,30,32,34)(H,33,36,37). The molecule has 2 aromatic carbocycles. The number of rotatable bonds is 7. The Labute approximate surface area is 224 Å². The number of carbonyl (C=O) groups is 2. The molecule has 5 rings (SSSR count). The van der Waals surface area contributed by atoms with Gasteiger partial charge in [0.15, 0.2) is 5.54 Å². The first-order valence-corrected chi connectivity index (χ1v) is 12.3. The average molecular weight is 531 g/mol. The van der Waals surface area contributed by atoms with Crippen molar-refractivity contribution >= 4 is 40.0 Å². The summed E-state index contributed by atoms with van der Waals surface area (Å²) >= 11 is 0. The van der Waals surface area contributed by atoms with E-state index in [-0.39, 0.29) is 17.0 Å². The molecule has 11 heteroatoms. The molecule has 1 fully saturated rings. The minimum atomic E-state index is -1.75. The lowest BCUT2D eigenvalue weighted by atomic mass is 9.85. The van der Waals surface area contributed by atoms with Crippen LogP contribution >= 0.6 is 0 Å². The normalized spacial score (nSPS) is 18.4. The highest BCUT2D eigenvalue weighted by atomic mass is 19.1. The van der Waals surface area contributed by atoms with Gasteiger partial charge in [0.2, 0.25) is 11.9 Å². The number of benzene rings is 2. The molecule has 0 saturated carbocycles. The number of carbonyl (C=O) groups excluding carboxylic acids is 2. The molecule has 2 aliphatic rings. The Balaban J connectivity index is 1.55. The molecule has 10 nitrogen and oxygen atoms in total. The summed E-state index contributed by atoms with van der Waals surface area (Å²) in [5.74, 6) is -1.45. The number of halogens is 1. The lowest BCUT2D eigenvalue weighted by Gasteiger charge is -2.32. The first-order chi connectivity index (χ1) is 18.9.